The van der Waals surface area contributed by atoms with E-state index in [9.17, 15) is 4.79 Å². The van der Waals surface area contributed by atoms with Crippen molar-refractivity contribution in [1.29, 1.82) is 0 Å². The molecule has 1 atom stereocenters. The summed E-state index contributed by atoms with van der Waals surface area (Å²) in [6.07, 6.45) is 0. The maximum absolute atomic E-state index is 13.1. The molecule has 3 aromatic rings. The van der Waals surface area contributed by atoms with Gasteiger partial charge in [0, 0.05) is 37.3 Å². The topological polar surface area (TPSA) is 54.4 Å². The molecule has 3 aromatic carbocycles. The number of ether oxygens (including phenoxy) is 2. The molecule has 6 heteroatoms. The van der Waals surface area contributed by atoms with Crippen LogP contribution in [0.25, 0.3) is 0 Å². The first-order valence-corrected chi connectivity index (χ1v) is 11.2. The molecule has 2 heterocycles. The Hall–Kier alpha value is -3.80. The van der Waals surface area contributed by atoms with Gasteiger partial charge in [-0.2, -0.15) is 0 Å². The Bertz CT molecular complexity index is 1220. The lowest BCUT2D eigenvalue weighted by molar-refractivity contribution is 0.0581. The molecule has 2 aliphatic heterocycles. The lowest BCUT2D eigenvalue weighted by Crippen LogP contribution is -2.55. The Labute approximate surface area is 194 Å². The summed E-state index contributed by atoms with van der Waals surface area (Å²) >= 11 is 0. The standard InChI is InChI=1S/C27H27N3O3/c1-18-9-12-23-25(15-18)33-24-16-21(32-3)10-11-22(24)26(28-23)29-13-14-30(19(2)17-29)27(31)20-7-5-4-6-8-20/h4-12,15-16,19H,13-14,17H2,1-3H3/t19-/m0/s1. The number of amidine groups is 1. The van der Waals surface area contributed by atoms with Crippen molar-refractivity contribution in [3.8, 4) is 17.2 Å². The summed E-state index contributed by atoms with van der Waals surface area (Å²) in [5.41, 5.74) is 3.54. The summed E-state index contributed by atoms with van der Waals surface area (Å²) < 4.78 is 11.7. The van der Waals surface area contributed by atoms with Crippen molar-refractivity contribution >= 4 is 17.4 Å². The fraction of sp³-hybridized carbons (Fsp3) is 0.259. The molecule has 1 amide bonds. The molecule has 1 saturated heterocycles. The Morgan fingerprint density at radius 2 is 1.85 bits per heavy atom. The summed E-state index contributed by atoms with van der Waals surface area (Å²) in [6, 6.07) is 21.4. The van der Waals surface area contributed by atoms with Gasteiger partial charge in [-0.25, -0.2) is 4.99 Å². The van der Waals surface area contributed by atoms with Crippen molar-refractivity contribution in [2.24, 2.45) is 4.99 Å². The number of carbonyl (C=O) groups excluding carboxylic acids is 1. The first-order valence-electron chi connectivity index (χ1n) is 11.2. The number of amides is 1. The summed E-state index contributed by atoms with van der Waals surface area (Å²) in [4.78, 5) is 22.3. The van der Waals surface area contributed by atoms with Gasteiger partial charge in [-0.1, -0.05) is 24.3 Å². The first kappa shape index (κ1) is 21.1. The van der Waals surface area contributed by atoms with E-state index in [4.69, 9.17) is 14.5 Å². The number of piperazine rings is 1. The van der Waals surface area contributed by atoms with Gasteiger partial charge in [0.15, 0.2) is 5.75 Å². The number of rotatable bonds is 2. The normalized spacial score (nSPS) is 17.3. The van der Waals surface area contributed by atoms with Gasteiger partial charge < -0.3 is 19.3 Å². The molecule has 0 radical (unpaired) electrons. The van der Waals surface area contributed by atoms with Crippen LogP contribution in [0.15, 0.2) is 71.7 Å². The third kappa shape index (κ3) is 4.04. The molecule has 1 fully saturated rings. The van der Waals surface area contributed by atoms with Crippen LogP contribution in [0.5, 0.6) is 17.2 Å². The van der Waals surface area contributed by atoms with E-state index >= 15 is 0 Å². The Balaban J connectivity index is 1.48. The van der Waals surface area contributed by atoms with Gasteiger partial charge in [0.25, 0.3) is 5.91 Å². The minimum atomic E-state index is 0.0394. The van der Waals surface area contributed by atoms with Crippen LogP contribution in [0.2, 0.25) is 0 Å². The molecular weight excluding hydrogens is 414 g/mol. The molecule has 0 spiro atoms. The van der Waals surface area contributed by atoms with Crippen molar-refractivity contribution in [3.63, 3.8) is 0 Å². The quantitative estimate of drug-likeness (QED) is 0.560. The van der Waals surface area contributed by atoms with Gasteiger partial charge in [-0.05, 0) is 55.8 Å². The SMILES string of the molecule is COc1ccc2c(c1)Oc1cc(C)ccc1N=C2N1CCN(C(=O)c2ccccc2)[C@@H](C)C1. The minimum absolute atomic E-state index is 0.0394. The van der Waals surface area contributed by atoms with Crippen LogP contribution in [0.3, 0.4) is 0 Å². The third-order valence-corrected chi connectivity index (χ3v) is 6.20. The molecule has 5 rings (SSSR count). The highest BCUT2D eigenvalue weighted by atomic mass is 16.5. The van der Waals surface area contributed by atoms with Crippen molar-refractivity contribution in [2.75, 3.05) is 26.7 Å². The Kier molecular flexibility index (Phi) is 5.50. The smallest absolute Gasteiger partial charge is 0.254 e. The molecule has 0 N–H and O–H groups in total. The molecular formula is C27H27N3O3. The van der Waals surface area contributed by atoms with Crippen molar-refractivity contribution in [3.05, 3.63) is 83.4 Å². The van der Waals surface area contributed by atoms with E-state index in [-0.39, 0.29) is 11.9 Å². The molecule has 0 unspecified atom stereocenters. The Morgan fingerprint density at radius 3 is 2.61 bits per heavy atom. The molecule has 33 heavy (non-hydrogen) atoms. The number of benzene rings is 3. The van der Waals surface area contributed by atoms with Crippen molar-refractivity contribution in [1.82, 2.24) is 9.80 Å². The zero-order valence-corrected chi connectivity index (χ0v) is 19.1. The highest BCUT2D eigenvalue weighted by molar-refractivity contribution is 6.04. The van der Waals surface area contributed by atoms with Crippen LogP contribution < -0.4 is 9.47 Å². The number of carbonyl (C=O) groups is 1. The maximum Gasteiger partial charge on any atom is 0.254 e. The molecule has 0 saturated carbocycles. The van der Waals surface area contributed by atoms with Crippen LogP contribution in [-0.2, 0) is 0 Å². The second-order valence-electron chi connectivity index (χ2n) is 8.53. The number of hydrogen-bond acceptors (Lipinski definition) is 5. The molecule has 0 aliphatic carbocycles. The average molecular weight is 442 g/mol. The highest BCUT2D eigenvalue weighted by Gasteiger charge is 2.32. The number of methoxy groups -OCH3 is 1. The lowest BCUT2D eigenvalue weighted by Gasteiger charge is -2.41. The number of nitrogens with zero attached hydrogens (tertiary/aromatic N) is 3. The maximum atomic E-state index is 13.1. The number of aryl methyl sites for hydroxylation is 1. The van der Waals surface area contributed by atoms with Crippen LogP contribution in [-0.4, -0.2) is 54.3 Å². The number of hydrogen-bond donors (Lipinski definition) is 0. The third-order valence-electron chi connectivity index (χ3n) is 6.20. The molecule has 2 aliphatic rings. The molecule has 0 aromatic heterocycles. The van der Waals surface area contributed by atoms with E-state index in [1.807, 2.05) is 78.6 Å². The van der Waals surface area contributed by atoms with Gasteiger partial charge in [0.1, 0.15) is 23.0 Å². The molecule has 0 bridgehead atoms. The fourth-order valence-electron chi connectivity index (χ4n) is 4.43. The second-order valence-corrected chi connectivity index (χ2v) is 8.53. The minimum Gasteiger partial charge on any atom is -0.497 e. The number of aliphatic imine (C=N–C) groups is 1. The number of fused-ring (bicyclic) bond motifs is 2. The van der Waals surface area contributed by atoms with E-state index in [0.717, 1.165) is 39.7 Å². The van der Waals surface area contributed by atoms with E-state index in [2.05, 4.69) is 11.8 Å². The highest BCUT2D eigenvalue weighted by Crippen LogP contribution is 2.40. The van der Waals surface area contributed by atoms with Gasteiger partial charge in [0.05, 0.1) is 12.7 Å². The van der Waals surface area contributed by atoms with E-state index in [0.29, 0.717) is 25.4 Å². The summed E-state index contributed by atoms with van der Waals surface area (Å²) in [5.74, 6) is 3.10. The second kappa shape index (κ2) is 8.62. The largest absolute Gasteiger partial charge is 0.497 e. The predicted octanol–water partition coefficient (Wildman–Crippen LogP) is 5.03. The summed E-state index contributed by atoms with van der Waals surface area (Å²) in [6.45, 7) is 6.13. The van der Waals surface area contributed by atoms with Crippen molar-refractivity contribution in [2.45, 2.75) is 19.9 Å². The van der Waals surface area contributed by atoms with Gasteiger partial charge in [-0.3, -0.25) is 4.79 Å². The van der Waals surface area contributed by atoms with E-state index in [1.165, 1.54) is 0 Å². The van der Waals surface area contributed by atoms with Crippen molar-refractivity contribution < 1.29 is 14.3 Å². The first-order chi connectivity index (χ1) is 16.0. The zero-order valence-electron chi connectivity index (χ0n) is 19.1. The van der Waals surface area contributed by atoms with Crippen LogP contribution >= 0.6 is 0 Å². The summed E-state index contributed by atoms with van der Waals surface area (Å²) in [5, 5.41) is 0. The van der Waals surface area contributed by atoms with Crippen LogP contribution in [0.1, 0.15) is 28.4 Å². The van der Waals surface area contributed by atoms with Gasteiger partial charge >= 0.3 is 0 Å². The lowest BCUT2D eigenvalue weighted by atomic mass is 10.1. The molecule has 168 valence electrons. The van der Waals surface area contributed by atoms with E-state index < -0.39 is 0 Å². The van der Waals surface area contributed by atoms with Crippen LogP contribution in [0, 0.1) is 6.92 Å². The zero-order chi connectivity index (χ0) is 22.9. The average Bonchev–Trinajstić information content (AvgIpc) is 2.99. The monoisotopic (exact) mass is 441 g/mol. The van der Waals surface area contributed by atoms with Crippen LogP contribution in [0.4, 0.5) is 5.69 Å². The van der Waals surface area contributed by atoms with Gasteiger partial charge in [0.2, 0.25) is 0 Å². The predicted molar refractivity (Wildman–Crippen MR) is 129 cm³/mol. The summed E-state index contributed by atoms with van der Waals surface area (Å²) in [7, 11) is 1.65. The fourth-order valence-corrected chi connectivity index (χ4v) is 4.43. The Morgan fingerprint density at radius 1 is 1.03 bits per heavy atom. The molecule has 6 nitrogen and oxygen atoms in total. The van der Waals surface area contributed by atoms with E-state index in [1.54, 1.807) is 7.11 Å². The van der Waals surface area contributed by atoms with Gasteiger partial charge in [-0.15, -0.1) is 0 Å².